The van der Waals surface area contributed by atoms with Gasteiger partial charge in [-0.05, 0) is 6.42 Å². The Morgan fingerprint density at radius 2 is 2.23 bits per heavy atom. The smallest absolute Gasteiger partial charge is 0.188 e. The Bertz CT molecular complexity index is 137. The van der Waals surface area contributed by atoms with Crippen LogP contribution in [0.25, 0.3) is 0 Å². The van der Waals surface area contributed by atoms with Gasteiger partial charge in [0.25, 0.3) is 0 Å². The van der Waals surface area contributed by atoms with Crippen molar-refractivity contribution in [3.63, 3.8) is 0 Å². The van der Waals surface area contributed by atoms with Crippen molar-refractivity contribution >= 4 is 5.96 Å². The summed E-state index contributed by atoms with van der Waals surface area (Å²) in [7, 11) is 1.66. The van der Waals surface area contributed by atoms with Gasteiger partial charge in [0.2, 0.25) is 0 Å². The van der Waals surface area contributed by atoms with E-state index in [1.165, 1.54) is 12.8 Å². The summed E-state index contributed by atoms with van der Waals surface area (Å²) in [5.41, 5.74) is 5.58. The molecule has 0 saturated carbocycles. The molecule has 4 nitrogen and oxygen atoms in total. The molecule has 0 radical (unpaired) electrons. The second-order valence-electron chi connectivity index (χ2n) is 2.89. The van der Waals surface area contributed by atoms with E-state index in [4.69, 9.17) is 10.5 Å². The lowest BCUT2D eigenvalue weighted by atomic mass is 10.2. The highest BCUT2D eigenvalue weighted by atomic mass is 16.5. The maximum Gasteiger partial charge on any atom is 0.188 e. The van der Waals surface area contributed by atoms with Gasteiger partial charge in [-0.3, -0.25) is 4.99 Å². The quantitative estimate of drug-likeness (QED) is 0.351. The van der Waals surface area contributed by atoms with Crippen LogP contribution in [-0.4, -0.2) is 32.8 Å². The van der Waals surface area contributed by atoms with E-state index >= 15 is 0 Å². The van der Waals surface area contributed by atoms with Crippen molar-refractivity contribution in [2.45, 2.75) is 26.2 Å². The van der Waals surface area contributed by atoms with Gasteiger partial charge in [-0.15, -0.1) is 0 Å². The Morgan fingerprint density at radius 3 is 2.85 bits per heavy atom. The minimum absolute atomic E-state index is 0.521. The van der Waals surface area contributed by atoms with Crippen LogP contribution in [0.2, 0.25) is 0 Å². The van der Waals surface area contributed by atoms with Crippen molar-refractivity contribution in [2.75, 3.05) is 26.8 Å². The highest BCUT2D eigenvalue weighted by Gasteiger charge is 1.89. The van der Waals surface area contributed by atoms with E-state index in [0.29, 0.717) is 12.6 Å². The summed E-state index contributed by atoms with van der Waals surface area (Å²) in [6.45, 7) is 4.37. The summed E-state index contributed by atoms with van der Waals surface area (Å²) in [5, 5.41) is 2.96. The molecule has 13 heavy (non-hydrogen) atoms. The van der Waals surface area contributed by atoms with Crippen LogP contribution in [0.4, 0.5) is 0 Å². The minimum Gasteiger partial charge on any atom is -0.383 e. The molecular weight excluding hydrogens is 166 g/mol. The fourth-order valence-corrected chi connectivity index (χ4v) is 0.898. The summed E-state index contributed by atoms with van der Waals surface area (Å²) in [6, 6.07) is 0. The lowest BCUT2D eigenvalue weighted by Gasteiger charge is -2.03. The van der Waals surface area contributed by atoms with Crippen molar-refractivity contribution in [1.82, 2.24) is 5.32 Å². The Kier molecular flexibility index (Phi) is 8.77. The predicted molar refractivity (Wildman–Crippen MR) is 55.9 cm³/mol. The van der Waals surface area contributed by atoms with Crippen molar-refractivity contribution in [2.24, 2.45) is 10.7 Å². The lowest BCUT2D eigenvalue weighted by Crippen LogP contribution is -2.34. The molecule has 4 heteroatoms. The molecule has 0 aromatic rings. The number of aliphatic imine (C=N–C) groups is 1. The number of ether oxygens (including phenoxy) is 1. The average molecular weight is 187 g/mol. The molecule has 78 valence electrons. The first-order valence-corrected chi connectivity index (χ1v) is 4.84. The number of rotatable bonds is 7. The molecule has 0 unspecified atom stereocenters. The van der Waals surface area contributed by atoms with Crippen LogP contribution >= 0.6 is 0 Å². The third-order valence-electron chi connectivity index (χ3n) is 1.66. The first-order chi connectivity index (χ1) is 6.31. The molecule has 0 aliphatic carbocycles. The van der Waals surface area contributed by atoms with Crippen LogP contribution in [0, 0.1) is 0 Å². The second-order valence-corrected chi connectivity index (χ2v) is 2.89. The van der Waals surface area contributed by atoms with Gasteiger partial charge >= 0.3 is 0 Å². The lowest BCUT2D eigenvalue weighted by molar-refractivity contribution is 0.204. The van der Waals surface area contributed by atoms with Gasteiger partial charge in [-0.1, -0.05) is 19.8 Å². The van der Waals surface area contributed by atoms with Gasteiger partial charge < -0.3 is 15.8 Å². The molecule has 0 spiro atoms. The predicted octanol–water partition coefficient (Wildman–Crippen LogP) is 0.727. The third-order valence-corrected chi connectivity index (χ3v) is 1.66. The first-order valence-electron chi connectivity index (χ1n) is 4.84. The van der Waals surface area contributed by atoms with Gasteiger partial charge in [-0.25, -0.2) is 0 Å². The molecule has 0 atom stereocenters. The Labute approximate surface area is 80.6 Å². The molecule has 0 aromatic carbocycles. The highest BCUT2D eigenvalue weighted by Crippen LogP contribution is 1.92. The van der Waals surface area contributed by atoms with E-state index < -0.39 is 0 Å². The van der Waals surface area contributed by atoms with Crippen LogP contribution < -0.4 is 11.1 Å². The normalized spacial score (nSPS) is 11.7. The van der Waals surface area contributed by atoms with Crippen molar-refractivity contribution in [3.05, 3.63) is 0 Å². The molecule has 0 fully saturated rings. The van der Waals surface area contributed by atoms with Crippen molar-refractivity contribution in [3.8, 4) is 0 Å². The van der Waals surface area contributed by atoms with E-state index in [-0.39, 0.29) is 0 Å². The van der Waals surface area contributed by atoms with Gasteiger partial charge in [0, 0.05) is 20.2 Å². The van der Waals surface area contributed by atoms with Crippen LogP contribution in [0.1, 0.15) is 26.2 Å². The van der Waals surface area contributed by atoms with E-state index in [1.54, 1.807) is 7.11 Å². The number of methoxy groups -OCH3 is 1. The standard InChI is InChI=1S/C9H21N3O/c1-3-4-5-6-11-9(10)12-7-8-13-2/h3-8H2,1-2H3,(H3,10,11,12). The van der Waals surface area contributed by atoms with E-state index in [2.05, 4.69) is 17.2 Å². The Hall–Kier alpha value is -0.770. The van der Waals surface area contributed by atoms with Gasteiger partial charge in [0.15, 0.2) is 5.96 Å². The molecule has 0 amide bonds. The van der Waals surface area contributed by atoms with Crippen LogP contribution in [0.5, 0.6) is 0 Å². The van der Waals surface area contributed by atoms with Gasteiger partial charge in [0.05, 0.1) is 6.61 Å². The molecular formula is C9H21N3O. The average Bonchev–Trinajstić information content (AvgIpc) is 2.13. The van der Waals surface area contributed by atoms with Crippen molar-refractivity contribution < 1.29 is 4.74 Å². The summed E-state index contributed by atoms with van der Waals surface area (Å²) < 4.78 is 4.86. The molecule has 3 N–H and O–H groups in total. The Morgan fingerprint density at radius 1 is 1.46 bits per heavy atom. The molecule has 0 bridgehead atoms. The van der Waals surface area contributed by atoms with Crippen LogP contribution in [-0.2, 0) is 4.74 Å². The molecule has 0 saturated heterocycles. The van der Waals surface area contributed by atoms with Gasteiger partial charge in [0.1, 0.15) is 0 Å². The number of nitrogens with two attached hydrogens (primary N) is 1. The largest absolute Gasteiger partial charge is 0.383 e. The molecule has 0 aromatic heterocycles. The first kappa shape index (κ1) is 12.2. The van der Waals surface area contributed by atoms with Crippen molar-refractivity contribution in [1.29, 1.82) is 0 Å². The fourth-order valence-electron chi connectivity index (χ4n) is 0.898. The zero-order valence-corrected chi connectivity index (χ0v) is 8.68. The number of unbranched alkanes of at least 4 members (excludes halogenated alkanes) is 2. The summed E-state index contributed by atoms with van der Waals surface area (Å²) in [6.07, 6.45) is 3.55. The maximum absolute atomic E-state index is 5.58. The number of nitrogens with one attached hydrogen (secondary N) is 1. The third kappa shape index (κ3) is 9.14. The zero-order valence-electron chi connectivity index (χ0n) is 8.68. The highest BCUT2D eigenvalue weighted by molar-refractivity contribution is 5.77. The molecule has 0 aliphatic rings. The SMILES string of the molecule is CCCCCN=C(N)NCCOC. The topological polar surface area (TPSA) is 59.6 Å². The minimum atomic E-state index is 0.521. The summed E-state index contributed by atoms with van der Waals surface area (Å²) >= 11 is 0. The summed E-state index contributed by atoms with van der Waals surface area (Å²) in [5.74, 6) is 0.521. The van der Waals surface area contributed by atoms with Gasteiger partial charge in [-0.2, -0.15) is 0 Å². The van der Waals surface area contributed by atoms with E-state index in [9.17, 15) is 0 Å². The number of nitrogens with zero attached hydrogens (tertiary/aromatic N) is 1. The number of hydrogen-bond acceptors (Lipinski definition) is 2. The number of hydrogen-bond donors (Lipinski definition) is 2. The molecule has 0 rings (SSSR count). The summed E-state index contributed by atoms with van der Waals surface area (Å²) in [4.78, 5) is 4.16. The molecule has 0 heterocycles. The van der Waals surface area contributed by atoms with E-state index in [1.807, 2.05) is 0 Å². The van der Waals surface area contributed by atoms with Crippen LogP contribution in [0.15, 0.2) is 4.99 Å². The number of guanidine groups is 1. The monoisotopic (exact) mass is 187 g/mol. The van der Waals surface area contributed by atoms with E-state index in [0.717, 1.165) is 19.5 Å². The fraction of sp³-hybridized carbons (Fsp3) is 0.889. The maximum atomic E-state index is 5.58. The Balaban J connectivity index is 3.29. The van der Waals surface area contributed by atoms with Crippen LogP contribution in [0.3, 0.4) is 0 Å². The second kappa shape index (κ2) is 9.32. The zero-order chi connectivity index (χ0) is 9.94. The molecule has 0 aliphatic heterocycles.